The van der Waals surface area contributed by atoms with Gasteiger partial charge < -0.3 is 9.72 Å². The minimum Gasteiger partial charge on any atom is -0.455 e. The van der Waals surface area contributed by atoms with Gasteiger partial charge in [-0.15, -0.1) is 0 Å². The standard InChI is InChI=1S/C23H12N2O/c24-12-13-8-11-20-21-14(13)5-3-6-15(21)16-9-10-19-22(23(16)26-20)17-4-1-2-7-18(17)25-19/h1-11,25H. The molecule has 4 aromatic carbocycles. The van der Waals surface area contributed by atoms with E-state index in [0.717, 1.165) is 55.2 Å². The van der Waals surface area contributed by atoms with Crippen molar-refractivity contribution < 1.29 is 4.74 Å². The summed E-state index contributed by atoms with van der Waals surface area (Å²) in [6.45, 7) is 0. The molecule has 6 rings (SSSR count). The molecule has 1 N–H and O–H groups in total. The predicted molar refractivity (Wildman–Crippen MR) is 104 cm³/mol. The van der Waals surface area contributed by atoms with Crippen LogP contribution >= 0.6 is 0 Å². The minimum absolute atomic E-state index is 0.672. The Hall–Kier alpha value is -3.77. The van der Waals surface area contributed by atoms with E-state index in [1.54, 1.807) is 0 Å². The van der Waals surface area contributed by atoms with Crippen LogP contribution in [-0.2, 0) is 0 Å². The molecule has 0 saturated heterocycles. The summed E-state index contributed by atoms with van der Waals surface area (Å²) in [6.07, 6.45) is 0. The molecule has 3 heteroatoms. The highest BCUT2D eigenvalue weighted by atomic mass is 16.5. The van der Waals surface area contributed by atoms with Gasteiger partial charge in [0.15, 0.2) is 0 Å². The first-order chi connectivity index (χ1) is 12.8. The molecule has 0 unspecified atom stereocenters. The van der Waals surface area contributed by atoms with E-state index in [1.807, 2.05) is 36.4 Å². The minimum atomic E-state index is 0.672. The van der Waals surface area contributed by atoms with Gasteiger partial charge in [-0.3, -0.25) is 0 Å². The number of benzene rings is 4. The monoisotopic (exact) mass is 332 g/mol. The maximum absolute atomic E-state index is 9.44. The maximum atomic E-state index is 9.44. The number of hydrogen-bond acceptors (Lipinski definition) is 2. The van der Waals surface area contributed by atoms with Gasteiger partial charge in [0.05, 0.1) is 22.5 Å². The number of H-pyrrole nitrogens is 1. The highest BCUT2D eigenvalue weighted by Crippen LogP contribution is 2.50. The highest BCUT2D eigenvalue weighted by Gasteiger charge is 2.24. The Morgan fingerprint density at radius 1 is 0.731 bits per heavy atom. The van der Waals surface area contributed by atoms with Gasteiger partial charge in [0, 0.05) is 27.2 Å². The molecule has 1 aromatic heterocycles. The molecule has 0 radical (unpaired) electrons. The van der Waals surface area contributed by atoms with Crippen molar-refractivity contribution in [3.63, 3.8) is 0 Å². The van der Waals surface area contributed by atoms with Gasteiger partial charge in [-0.2, -0.15) is 5.26 Å². The number of rotatable bonds is 0. The fourth-order valence-electron chi connectivity index (χ4n) is 4.12. The average Bonchev–Trinajstić information content (AvgIpc) is 3.07. The van der Waals surface area contributed by atoms with Crippen LogP contribution in [0, 0.1) is 11.3 Å². The molecule has 26 heavy (non-hydrogen) atoms. The molecule has 0 aliphatic carbocycles. The van der Waals surface area contributed by atoms with Gasteiger partial charge >= 0.3 is 0 Å². The molecular formula is C23H12N2O. The number of nitrogens with one attached hydrogen (secondary N) is 1. The first-order valence-electron chi connectivity index (χ1n) is 8.52. The SMILES string of the molecule is N#Cc1ccc2c3c(cccc13)-c1ccc3[nH]c4ccccc4c3c1O2. The van der Waals surface area contributed by atoms with Crippen molar-refractivity contribution in [2.45, 2.75) is 0 Å². The Morgan fingerprint density at radius 2 is 1.62 bits per heavy atom. The lowest BCUT2D eigenvalue weighted by Crippen LogP contribution is -1.98. The Balaban J connectivity index is 1.80. The zero-order chi connectivity index (χ0) is 17.3. The summed E-state index contributed by atoms with van der Waals surface area (Å²) in [6, 6.07) is 24.6. The summed E-state index contributed by atoms with van der Waals surface area (Å²) in [4.78, 5) is 3.47. The van der Waals surface area contributed by atoms with Crippen LogP contribution in [0.4, 0.5) is 0 Å². The Morgan fingerprint density at radius 3 is 2.54 bits per heavy atom. The van der Waals surface area contributed by atoms with Crippen molar-refractivity contribution in [1.29, 1.82) is 5.26 Å². The molecule has 0 saturated carbocycles. The third kappa shape index (κ3) is 1.56. The molecule has 5 aromatic rings. The smallest absolute Gasteiger partial charge is 0.145 e. The number of hydrogen-bond donors (Lipinski definition) is 1. The summed E-state index contributed by atoms with van der Waals surface area (Å²) in [7, 11) is 0. The van der Waals surface area contributed by atoms with Crippen molar-refractivity contribution in [2.24, 2.45) is 0 Å². The first-order valence-corrected chi connectivity index (χ1v) is 8.52. The van der Waals surface area contributed by atoms with Gasteiger partial charge in [0.25, 0.3) is 0 Å². The van der Waals surface area contributed by atoms with E-state index in [9.17, 15) is 5.26 Å². The first kappa shape index (κ1) is 13.5. The van der Waals surface area contributed by atoms with Crippen molar-refractivity contribution in [1.82, 2.24) is 4.98 Å². The largest absolute Gasteiger partial charge is 0.455 e. The fraction of sp³-hybridized carbons (Fsp3) is 0. The van der Waals surface area contributed by atoms with E-state index in [4.69, 9.17) is 4.74 Å². The van der Waals surface area contributed by atoms with Crippen LogP contribution < -0.4 is 4.74 Å². The van der Waals surface area contributed by atoms with E-state index >= 15 is 0 Å². The number of ether oxygens (including phenoxy) is 1. The zero-order valence-corrected chi connectivity index (χ0v) is 13.7. The molecule has 1 aliphatic heterocycles. The quantitative estimate of drug-likeness (QED) is 0.364. The fourth-order valence-corrected chi connectivity index (χ4v) is 4.12. The molecule has 1 aliphatic rings. The second-order valence-corrected chi connectivity index (χ2v) is 6.59. The molecule has 0 fully saturated rings. The van der Waals surface area contributed by atoms with E-state index in [2.05, 4.69) is 41.4 Å². The summed E-state index contributed by atoms with van der Waals surface area (Å²) in [5, 5.41) is 13.6. The summed E-state index contributed by atoms with van der Waals surface area (Å²) < 4.78 is 6.40. The normalized spacial score (nSPS) is 12.1. The molecule has 120 valence electrons. The van der Waals surface area contributed by atoms with Crippen molar-refractivity contribution in [2.75, 3.05) is 0 Å². The lowest BCUT2D eigenvalue weighted by Gasteiger charge is -2.22. The van der Waals surface area contributed by atoms with E-state index < -0.39 is 0 Å². The molecule has 0 spiro atoms. The van der Waals surface area contributed by atoms with Crippen LogP contribution in [0.1, 0.15) is 5.56 Å². The number of nitriles is 1. The lowest BCUT2D eigenvalue weighted by molar-refractivity contribution is 0.493. The van der Waals surface area contributed by atoms with Crippen LogP contribution in [0.15, 0.2) is 66.7 Å². The maximum Gasteiger partial charge on any atom is 0.145 e. The molecule has 2 heterocycles. The zero-order valence-electron chi connectivity index (χ0n) is 13.7. The van der Waals surface area contributed by atoms with Crippen LogP contribution in [-0.4, -0.2) is 4.98 Å². The van der Waals surface area contributed by atoms with Gasteiger partial charge in [0.2, 0.25) is 0 Å². The van der Waals surface area contributed by atoms with Gasteiger partial charge in [-0.05, 0) is 35.9 Å². The molecule has 3 nitrogen and oxygen atoms in total. The van der Waals surface area contributed by atoms with Crippen LogP contribution in [0.2, 0.25) is 0 Å². The topological polar surface area (TPSA) is 48.8 Å². The van der Waals surface area contributed by atoms with E-state index in [1.165, 1.54) is 0 Å². The lowest BCUT2D eigenvalue weighted by atomic mass is 9.91. The predicted octanol–water partition coefficient (Wildman–Crippen LogP) is 6.12. The van der Waals surface area contributed by atoms with Crippen LogP contribution in [0.3, 0.4) is 0 Å². The molecule has 0 bridgehead atoms. The summed E-state index contributed by atoms with van der Waals surface area (Å²) >= 11 is 0. The number of para-hydroxylation sites is 1. The van der Waals surface area contributed by atoms with E-state index in [-0.39, 0.29) is 0 Å². The summed E-state index contributed by atoms with van der Waals surface area (Å²) in [5.41, 5.74) is 5.02. The van der Waals surface area contributed by atoms with Gasteiger partial charge in [-0.1, -0.05) is 36.4 Å². The molecule has 0 amide bonds. The number of nitrogens with zero attached hydrogens (tertiary/aromatic N) is 1. The summed E-state index contributed by atoms with van der Waals surface area (Å²) in [5.74, 6) is 1.68. The Bertz CT molecular complexity index is 1420. The third-order valence-electron chi connectivity index (χ3n) is 5.25. The second kappa shape index (κ2) is 4.65. The van der Waals surface area contributed by atoms with Crippen LogP contribution in [0.25, 0.3) is 43.7 Å². The van der Waals surface area contributed by atoms with E-state index in [0.29, 0.717) is 5.56 Å². The van der Waals surface area contributed by atoms with Gasteiger partial charge in [0.1, 0.15) is 11.5 Å². The Labute approximate surface area is 149 Å². The van der Waals surface area contributed by atoms with Crippen LogP contribution in [0.5, 0.6) is 11.5 Å². The number of aromatic amines is 1. The Kier molecular flexibility index (Phi) is 2.42. The highest BCUT2D eigenvalue weighted by molar-refractivity contribution is 6.16. The average molecular weight is 332 g/mol. The van der Waals surface area contributed by atoms with Crippen molar-refractivity contribution >= 4 is 32.6 Å². The second-order valence-electron chi connectivity index (χ2n) is 6.59. The van der Waals surface area contributed by atoms with Crippen molar-refractivity contribution in [3.05, 3.63) is 72.3 Å². The number of aromatic nitrogens is 1. The van der Waals surface area contributed by atoms with Gasteiger partial charge in [-0.25, -0.2) is 0 Å². The third-order valence-corrected chi connectivity index (χ3v) is 5.25. The van der Waals surface area contributed by atoms with Crippen molar-refractivity contribution in [3.8, 4) is 28.7 Å². The number of fused-ring (bicyclic) bond motifs is 6. The molecular weight excluding hydrogens is 320 g/mol. The molecule has 0 atom stereocenters.